The molecule has 1 heterocycles. The number of hydrogen-bond donors (Lipinski definition) is 1. The molecule has 0 aromatic heterocycles. The number of halogens is 3. The van der Waals surface area contributed by atoms with Gasteiger partial charge in [0.2, 0.25) is 0 Å². The van der Waals surface area contributed by atoms with E-state index in [-0.39, 0.29) is 20.3 Å². The summed E-state index contributed by atoms with van der Waals surface area (Å²) in [6.07, 6.45) is 0. The van der Waals surface area contributed by atoms with Gasteiger partial charge in [0, 0.05) is 0 Å². The van der Waals surface area contributed by atoms with Crippen LogP contribution in [0.4, 0.5) is 12.3 Å². The van der Waals surface area contributed by atoms with Gasteiger partial charge in [-0.25, -0.2) is 0 Å². The summed E-state index contributed by atoms with van der Waals surface area (Å²) in [5.41, 5.74) is 0. The van der Waals surface area contributed by atoms with E-state index in [1.165, 1.54) is 0 Å². The van der Waals surface area contributed by atoms with Crippen molar-refractivity contribution in [3.63, 3.8) is 0 Å². The topological polar surface area (TPSA) is 68.6 Å². The quantitative estimate of drug-likeness (QED) is 0.225. The van der Waals surface area contributed by atoms with E-state index < -0.39 is 16.6 Å². The first-order chi connectivity index (χ1) is 3.75. The summed E-state index contributed by atoms with van der Waals surface area (Å²) in [4.78, 5) is 0. The Hall–Kier alpha value is 0.687. The molecule has 0 radical (unpaired) electrons. The van der Waals surface area contributed by atoms with Crippen LogP contribution in [0.15, 0.2) is 0 Å². The predicted octanol–water partition coefficient (Wildman–Crippen LogP) is -2.00. The van der Waals surface area contributed by atoms with E-state index in [1.54, 1.807) is 0 Å². The van der Waals surface area contributed by atoms with Crippen LogP contribution in [0.2, 0.25) is 0 Å². The van der Waals surface area contributed by atoms with Crippen molar-refractivity contribution in [1.82, 2.24) is 5.25 Å². The fourth-order valence-electron chi connectivity index (χ4n) is 0.137. The average Bonchev–Trinajstić information content (AvgIpc) is 2.14. The molecular formula is H2F3LiNO3PS. The van der Waals surface area contributed by atoms with Crippen LogP contribution in [0.3, 0.4) is 0 Å². The molecule has 0 atom stereocenters. The van der Waals surface area contributed by atoms with Gasteiger partial charge in [0.25, 0.3) is 0 Å². The van der Waals surface area contributed by atoms with Crippen LogP contribution < -0.4 is 24.1 Å². The van der Waals surface area contributed by atoms with Crippen molar-refractivity contribution in [2.24, 2.45) is 0 Å². The molecule has 1 fully saturated rings. The maximum atomic E-state index is 11.9. The fourth-order valence-corrected chi connectivity index (χ4v) is 1.53. The Labute approximate surface area is 68.0 Å². The van der Waals surface area contributed by atoms with Gasteiger partial charge in [-0.1, -0.05) is 0 Å². The smallest absolute Gasteiger partial charge is 1.00 e. The number of rotatable bonds is 1. The summed E-state index contributed by atoms with van der Waals surface area (Å²) < 4.78 is 57.2. The standard InChI is InChI=1S/F3HNO3PS.Li.H/c1-8(2,4-7-8)9(3,5)6;;/h4H;;/q;+1;-1. The SMILES string of the molecule is O=S(=O)(F)P1(F)(F)NO1.[H-].[Li+]. The first-order valence-electron chi connectivity index (χ1n) is 1.62. The van der Waals surface area contributed by atoms with E-state index in [4.69, 9.17) is 0 Å². The van der Waals surface area contributed by atoms with Crippen LogP contribution in [0.25, 0.3) is 0 Å². The first-order valence-corrected chi connectivity index (χ1v) is 5.54. The second-order valence-electron chi connectivity index (χ2n) is 1.36. The molecule has 0 aromatic carbocycles. The molecule has 0 spiro atoms. The number of hydrogen-bond acceptors (Lipinski definition) is 4. The minimum Gasteiger partial charge on any atom is -1.00 e. The molecule has 0 saturated carbocycles. The number of nitrogens with one attached hydrogen (secondary N) is 1. The maximum Gasteiger partial charge on any atom is 1.00 e. The maximum absolute atomic E-state index is 11.9. The molecule has 1 aliphatic heterocycles. The van der Waals surface area contributed by atoms with Crippen molar-refractivity contribution >= 4 is 16.6 Å². The zero-order valence-corrected chi connectivity index (χ0v) is 6.43. The zero-order valence-electron chi connectivity index (χ0n) is 5.71. The predicted molar refractivity (Wildman–Crippen MR) is 24.5 cm³/mol. The molecule has 1 N–H and O–H groups in total. The molecular weight excluding hydrogens is 189 g/mol. The minimum absolute atomic E-state index is 0. The second kappa shape index (κ2) is 2.09. The van der Waals surface area contributed by atoms with E-state index in [9.17, 15) is 20.7 Å². The Morgan fingerprint density at radius 1 is 1.50 bits per heavy atom. The van der Waals surface area contributed by atoms with Gasteiger partial charge in [0.15, 0.2) is 0 Å². The molecule has 10 heavy (non-hydrogen) atoms. The average molecular weight is 191 g/mol. The van der Waals surface area contributed by atoms with Crippen molar-refractivity contribution in [1.29, 1.82) is 0 Å². The molecule has 0 unspecified atom stereocenters. The van der Waals surface area contributed by atoms with Gasteiger partial charge in [-0.05, 0) is 0 Å². The zero-order chi connectivity index (χ0) is 7.36. The van der Waals surface area contributed by atoms with Crippen LogP contribution in [0.1, 0.15) is 1.43 Å². The van der Waals surface area contributed by atoms with Crippen molar-refractivity contribution in [2.45, 2.75) is 0 Å². The van der Waals surface area contributed by atoms with E-state index in [2.05, 4.69) is 4.62 Å². The van der Waals surface area contributed by atoms with Crippen LogP contribution in [0.5, 0.6) is 0 Å². The summed E-state index contributed by atoms with van der Waals surface area (Å²) in [5.74, 6) is 0. The monoisotopic (exact) mass is 191 g/mol. The molecule has 0 amide bonds. The van der Waals surface area contributed by atoms with E-state index >= 15 is 0 Å². The summed E-state index contributed by atoms with van der Waals surface area (Å²) in [7, 11) is -5.86. The Kier molecular flexibility index (Phi) is 2.24. The fraction of sp³-hybridized carbons (Fsp3) is 0. The Morgan fingerprint density at radius 3 is 1.80 bits per heavy atom. The summed E-state index contributed by atoms with van der Waals surface area (Å²) >= 11 is 0. The molecule has 1 aliphatic rings. The summed E-state index contributed by atoms with van der Waals surface area (Å²) in [6, 6.07) is 0. The van der Waals surface area contributed by atoms with Gasteiger partial charge in [0.1, 0.15) is 0 Å². The van der Waals surface area contributed by atoms with E-state index in [0.29, 0.717) is 0 Å². The Bertz CT molecular complexity index is 245. The molecule has 10 heteroatoms. The molecule has 1 saturated heterocycles. The summed E-state index contributed by atoms with van der Waals surface area (Å²) in [6.45, 7) is -6.51. The van der Waals surface area contributed by atoms with Gasteiger partial charge < -0.3 is 1.43 Å². The Morgan fingerprint density at radius 2 is 1.80 bits per heavy atom. The van der Waals surface area contributed by atoms with Crippen LogP contribution in [-0.2, 0) is 14.5 Å². The molecule has 0 aliphatic carbocycles. The third kappa shape index (κ3) is 1.32. The van der Waals surface area contributed by atoms with Gasteiger partial charge in [-0.3, -0.25) is 0 Å². The van der Waals surface area contributed by atoms with Gasteiger partial charge in [0.05, 0.1) is 0 Å². The largest absolute Gasteiger partial charge is 1.00 e. The van der Waals surface area contributed by atoms with Gasteiger partial charge >= 0.3 is 66.1 Å². The van der Waals surface area contributed by atoms with E-state index in [1.807, 2.05) is 0 Å². The van der Waals surface area contributed by atoms with Crippen molar-refractivity contribution in [3.05, 3.63) is 0 Å². The molecule has 1 rings (SSSR count). The first kappa shape index (κ1) is 10.7. The molecule has 4 nitrogen and oxygen atoms in total. The Balaban J connectivity index is 0. The molecule has 0 aromatic rings. The summed E-state index contributed by atoms with van der Waals surface area (Å²) in [5, 5.41) is 0.761. The van der Waals surface area contributed by atoms with Crippen LogP contribution in [-0.4, -0.2) is 8.42 Å². The third-order valence-electron chi connectivity index (χ3n) is 0.667. The van der Waals surface area contributed by atoms with E-state index in [0.717, 1.165) is 5.25 Å². The molecule has 58 valence electrons. The van der Waals surface area contributed by atoms with Gasteiger partial charge in [-0.2, -0.15) is 0 Å². The minimum atomic E-state index is -6.51. The van der Waals surface area contributed by atoms with Crippen molar-refractivity contribution in [2.75, 3.05) is 0 Å². The van der Waals surface area contributed by atoms with Gasteiger partial charge in [-0.15, -0.1) is 0 Å². The third-order valence-corrected chi connectivity index (χ3v) is 4.63. The van der Waals surface area contributed by atoms with Crippen molar-refractivity contribution in [3.8, 4) is 0 Å². The normalized spacial score (nSPS) is 30.9. The van der Waals surface area contributed by atoms with Crippen LogP contribution in [0, 0.1) is 0 Å². The van der Waals surface area contributed by atoms with Crippen molar-refractivity contribution < 1.29 is 45.6 Å². The van der Waals surface area contributed by atoms with Crippen LogP contribution >= 0.6 is 6.80 Å². The second-order valence-corrected chi connectivity index (χ2v) is 7.21. The molecule has 0 bridgehead atoms.